The first-order valence-corrected chi connectivity index (χ1v) is 7.48. The lowest BCUT2D eigenvalue weighted by molar-refractivity contribution is -0.122. The summed E-state index contributed by atoms with van der Waals surface area (Å²) in [6, 6.07) is 5.03. The number of hydrogen-bond acceptors (Lipinski definition) is 7. The summed E-state index contributed by atoms with van der Waals surface area (Å²) in [5, 5.41) is 10.2. The van der Waals surface area contributed by atoms with E-state index in [1.807, 2.05) is 6.92 Å². The molecule has 1 atom stereocenters. The first kappa shape index (κ1) is 18.2. The zero-order valence-corrected chi connectivity index (χ0v) is 14.5. The van der Waals surface area contributed by atoms with E-state index in [9.17, 15) is 9.59 Å². The Morgan fingerprint density at radius 1 is 1.24 bits per heavy atom. The maximum Gasteiger partial charge on any atom is 0.360 e. The summed E-state index contributed by atoms with van der Waals surface area (Å²) in [4.78, 5) is 23.6. The molecule has 0 fully saturated rings. The van der Waals surface area contributed by atoms with Crippen molar-refractivity contribution in [2.45, 2.75) is 19.5 Å². The highest BCUT2D eigenvalue weighted by molar-refractivity contribution is 5.86. The Kier molecular flexibility index (Phi) is 5.93. The molecule has 9 heteroatoms. The summed E-state index contributed by atoms with van der Waals surface area (Å²) in [7, 11) is 4.37. The van der Waals surface area contributed by atoms with Gasteiger partial charge in [0.1, 0.15) is 18.0 Å². The lowest BCUT2D eigenvalue weighted by atomic mass is 10.1. The van der Waals surface area contributed by atoms with Crippen LogP contribution in [-0.2, 0) is 16.1 Å². The molecule has 9 nitrogen and oxygen atoms in total. The number of amides is 1. The van der Waals surface area contributed by atoms with Crippen molar-refractivity contribution in [1.29, 1.82) is 0 Å². The van der Waals surface area contributed by atoms with Crippen LogP contribution in [0.4, 0.5) is 0 Å². The second kappa shape index (κ2) is 8.13. The SMILES string of the molecule is COC(=O)c1cn(CC(=O)NC(C)c2cc(OC)ccc2OC)nn1. The first-order chi connectivity index (χ1) is 12.0. The van der Waals surface area contributed by atoms with E-state index in [4.69, 9.17) is 9.47 Å². The highest BCUT2D eigenvalue weighted by atomic mass is 16.5. The predicted octanol–water partition coefficient (Wildman–Crippen LogP) is 0.959. The van der Waals surface area contributed by atoms with Gasteiger partial charge in [-0.05, 0) is 25.1 Å². The van der Waals surface area contributed by atoms with Gasteiger partial charge < -0.3 is 19.5 Å². The van der Waals surface area contributed by atoms with Crippen LogP contribution in [0, 0.1) is 0 Å². The molecule has 0 aliphatic carbocycles. The summed E-state index contributed by atoms with van der Waals surface area (Å²) in [6.07, 6.45) is 1.35. The molecule has 25 heavy (non-hydrogen) atoms. The van der Waals surface area contributed by atoms with Crippen LogP contribution in [0.5, 0.6) is 11.5 Å². The van der Waals surface area contributed by atoms with Gasteiger partial charge in [-0.1, -0.05) is 5.21 Å². The van der Waals surface area contributed by atoms with E-state index in [0.29, 0.717) is 11.5 Å². The van der Waals surface area contributed by atoms with Crippen molar-refractivity contribution in [2.75, 3.05) is 21.3 Å². The summed E-state index contributed by atoms with van der Waals surface area (Å²) < 4.78 is 16.3. The van der Waals surface area contributed by atoms with E-state index >= 15 is 0 Å². The molecule has 1 amide bonds. The summed E-state index contributed by atoms with van der Waals surface area (Å²) in [5.41, 5.74) is 0.821. The molecule has 0 saturated carbocycles. The van der Waals surface area contributed by atoms with Crippen LogP contribution in [0.3, 0.4) is 0 Å². The number of rotatable bonds is 7. The molecular formula is C16H20N4O5. The molecule has 2 rings (SSSR count). The van der Waals surface area contributed by atoms with Gasteiger partial charge in [-0.3, -0.25) is 4.79 Å². The number of nitrogens with one attached hydrogen (secondary N) is 1. The maximum absolute atomic E-state index is 12.2. The fourth-order valence-corrected chi connectivity index (χ4v) is 2.26. The topological polar surface area (TPSA) is 105 Å². The lowest BCUT2D eigenvalue weighted by Gasteiger charge is -2.18. The number of ether oxygens (including phenoxy) is 3. The van der Waals surface area contributed by atoms with Gasteiger partial charge >= 0.3 is 5.97 Å². The smallest absolute Gasteiger partial charge is 0.360 e. The number of carbonyl (C=O) groups excluding carboxylic acids is 2. The van der Waals surface area contributed by atoms with Gasteiger partial charge in [0.05, 0.1) is 33.6 Å². The molecule has 0 spiro atoms. The van der Waals surface area contributed by atoms with Gasteiger partial charge in [0.15, 0.2) is 5.69 Å². The molecule has 1 N–H and O–H groups in total. The number of methoxy groups -OCH3 is 3. The third kappa shape index (κ3) is 4.46. The maximum atomic E-state index is 12.2. The van der Waals surface area contributed by atoms with Crippen molar-refractivity contribution in [3.63, 3.8) is 0 Å². The molecule has 134 valence electrons. The van der Waals surface area contributed by atoms with Crippen LogP contribution in [0.1, 0.15) is 29.0 Å². The number of carbonyl (C=O) groups is 2. The monoisotopic (exact) mass is 348 g/mol. The summed E-state index contributed by atoms with van der Waals surface area (Å²) in [5.74, 6) is 0.401. The van der Waals surface area contributed by atoms with Crippen LogP contribution >= 0.6 is 0 Å². The van der Waals surface area contributed by atoms with E-state index in [0.717, 1.165) is 5.56 Å². The summed E-state index contributed by atoms with van der Waals surface area (Å²) >= 11 is 0. The van der Waals surface area contributed by atoms with Crippen LogP contribution in [0.2, 0.25) is 0 Å². The zero-order valence-electron chi connectivity index (χ0n) is 14.5. The molecule has 0 saturated heterocycles. The Morgan fingerprint density at radius 2 is 2.00 bits per heavy atom. The number of esters is 1. The van der Waals surface area contributed by atoms with E-state index in [-0.39, 0.29) is 24.2 Å². The van der Waals surface area contributed by atoms with Gasteiger partial charge in [-0.15, -0.1) is 5.10 Å². The van der Waals surface area contributed by atoms with Gasteiger partial charge in [0.25, 0.3) is 0 Å². The van der Waals surface area contributed by atoms with Crippen molar-refractivity contribution in [3.8, 4) is 11.5 Å². The highest BCUT2D eigenvalue weighted by Gasteiger charge is 2.17. The second-order valence-corrected chi connectivity index (χ2v) is 5.19. The third-order valence-electron chi connectivity index (χ3n) is 3.52. The molecule has 1 aromatic carbocycles. The largest absolute Gasteiger partial charge is 0.497 e. The van der Waals surface area contributed by atoms with E-state index in [1.165, 1.54) is 18.0 Å². The normalized spacial score (nSPS) is 11.5. The van der Waals surface area contributed by atoms with Crippen molar-refractivity contribution in [2.24, 2.45) is 0 Å². The minimum Gasteiger partial charge on any atom is -0.497 e. The van der Waals surface area contributed by atoms with Gasteiger partial charge in [-0.25, -0.2) is 9.48 Å². The molecule has 1 aromatic heterocycles. The number of hydrogen-bond donors (Lipinski definition) is 1. The van der Waals surface area contributed by atoms with Crippen molar-refractivity contribution >= 4 is 11.9 Å². The Labute approximate surface area is 144 Å². The summed E-state index contributed by atoms with van der Waals surface area (Å²) in [6.45, 7) is 1.75. The van der Waals surface area contributed by atoms with Crippen LogP contribution < -0.4 is 14.8 Å². The Morgan fingerprint density at radius 3 is 2.64 bits per heavy atom. The molecule has 0 bridgehead atoms. The van der Waals surface area contributed by atoms with E-state index < -0.39 is 5.97 Å². The van der Waals surface area contributed by atoms with Crippen LogP contribution in [0.15, 0.2) is 24.4 Å². The van der Waals surface area contributed by atoms with Gasteiger partial charge in [0.2, 0.25) is 5.91 Å². The van der Waals surface area contributed by atoms with Gasteiger partial charge in [-0.2, -0.15) is 0 Å². The lowest BCUT2D eigenvalue weighted by Crippen LogP contribution is -2.30. The van der Waals surface area contributed by atoms with Crippen LogP contribution in [0.25, 0.3) is 0 Å². The minimum atomic E-state index is -0.610. The number of aromatic nitrogens is 3. The Balaban J connectivity index is 2.05. The second-order valence-electron chi connectivity index (χ2n) is 5.19. The fraction of sp³-hybridized carbons (Fsp3) is 0.375. The third-order valence-corrected chi connectivity index (χ3v) is 3.52. The molecule has 0 aliphatic heterocycles. The number of benzene rings is 1. The van der Waals surface area contributed by atoms with Gasteiger partial charge in [0, 0.05) is 5.56 Å². The van der Waals surface area contributed by atoms with E-state index in [2.05, 4.69) is 20.4 Å². The molecule has 0 radical (unpaired) electrons. The van der Waals surface area contributed by atoms with E-state index in [1.54, 1.807) is 32.4 Å². The molecular weight excluding hydrogens is 328 g/mol. The Hall–Kier alpha value is -3.10. The quantitative estimate of drug-likeness (QED) is 0.743. The average molecular weight is 348 g/mol. The Bertz CT molecular complexity index is 759. The highest BCUT2D eigenvalue weighted by Crippen LogP contribution is 2.29. The van der Waals surface area contributed by atoms with Crippen molar-refractivity contribution in [3.05, 3.63) is 35.7 Å². The minimum absolute atomic E-state index is 0.0396. The van der Waals surface area contributed by atoms with Crippen molar-refractivity contribution < 1.29 is 23.8 Å². The fourth-order valence-electron chi connectivity index (χ4n) is 2.26. The molecule has 2 aromatic rings. The average Bonchev–Trinajstić information content (AvgIpc) is 3.08. The first-order valence-electron chi connectivity index (χ1n) is 7.48. The molecule has 1 unspecified atom stereocenters. The standard InChI is InChI=1S/C16H20N4O5/c1-10(12-7-11(23-2)5-6-14(12)24-3)17-15(21)9-20-8-13(18-19-20)16(22)25-4/h5-8,10H,9H2,1-4H3,(H,17,21). The molecule has 0 aliphatic rings. The van der Waals surface area contributed by atoms with Crippen molar-refractivity contribution in [1.82, 2.24) is 20.3 Å². The number of nitrogens with zero attached hydrogens (tertiary/aromatic N) is 3. The molecule has 1 heterocycles. The zero-order chi connectivity index (χ0) is 18.4. The predicted molar refractivity (Wildman–Crippen MR) is 87.5 cm³/mol. The van der Waals surface area contributed by atoms with Crippen LogP contribution in [-0.4, -0.2) is 48.2 Å².